The molecule has 4 heteroatoms. The zero-order chi connectivity index (χ0) is 13.7. The first kappa shape index (κ1) is 13.9. The maximum Gasteiger partial charge on any atom is 0.248 e. The number of nitrogens with one attached hydrogen (secondary N) is 1. The molecule has 2 aromatic rings. The van der Waals surface area contributed by atoms with Gasteiger partial charge in [0.2, 0.25) is 5.56 Å². The summed E-state index contributed by atoms with van der Waals surface area (Å²) in [6, 6.07) is 6.80. The maximum absolute atomic E-state index is 11.3. The van der Waals surface area contributed by atoms with Crippen LogP contribution in [0.5, 0.6) is 5.75 Å². The summed E-state index contributed by atoms with van der Waals surface area (Å²) in [6.45, 7) is 2.86. The highest BCUT2D eigenvalue weighted by Crippen LogP contribution is 2.28. The molecule has 1 N–H and O–H groups in total. The number of unbranched alkanes of at least 4 members (excludes halogenated alkanes) is 3. The van der Waals surface area contributed by atoms with Crippen molar-refractivity contribution in [3.63, 3.8) is 0 Å². The lowest BCUT2D eigenvalue weighted by molar-refractivity contribution is 0.308. The molecule has 1 aromatic heterocycles. The summed E-state index contributed by atoms with van der Waals surface area (Å²) in [5.41, 5.74) is 0.576. The average molecular weight is 280 g/mol. The van der Waals surface area contributed by atoms with Gasteiger partial charge in [-0.1, -0.05) is 37.8 Å². The first-order chi connectivity index (χ1) is 9.20. The molecule has 0 aliphatic heterocycles. The first-order valence-corrected chi connectivity index (χ1v) is 7.04. The lowest BCUT2D eigenvalue weighted by Crippen LogP contribution is -2.04. The summed E-state index contributed by atoms with van der Waals surface area (Å²) >= 11 is 6.04. The number of hydrogen-bond donors (Lipinski definition) is 1. The largest absolute Gasteiger partial charge is 0.493 e. The molecule has 0 bridgehead atoms. The molecule has 0 atom stereocenters. The number of halogens is 1. The zero-order valence-electron chi connectivity index (χ0n) is 11.0. The maximum atomic E-state index is 11.3. The van der Waals surface area contributed by atoms with Gasteiger partial charge in [0, 0.05) is 16.5 Å². The minimum Gasteiger partial charge on any atom is -0.493 e. The van der Waals surface area contributed by atoms with Crippen LogP contribution in [0.1, 0.15) is 32.6 Å². The van der Waals surface area contributed by atoms with Crippen molar-refractivity contribution in [3.05, 3.63) is 39.6 Å². The second kappa shape index (κ2) is 6.62. The van der Waals surface area contributed by atoms with Crippen LogP contribution in [0.4, 0.5) is 0 Å². The lowest BCUT2D eigenvalue weighted by atomic mass is 10.2. The van der Waals surface area contributed by atoms with E-state index in [0.29, 0.717) is 17.1 Å². The minimum absolute atomic E-state index is 0.135. The Hall–Kier alpha value is -1.48. The fourth-order valence-corrected chi connectivity index (χ4v) is 2.24. The Morgan fingerprint density at radius 1 is 1.21 bits per heavy atom. The Labute approximate surface area is 117 Å². The topological polar surface area (TPSA) is 42.1 Å². The molecule has 0 unspecified atom stereocenters. The van der Waals surface area contributed by atoms with E-state index >= 15 is 0 Å². The third-order valence-corrected chi connectivity index (χ3v) is 3.24. The average Bonchev–Trinajstić information content (AvgIpc) is 2.37. The summed E-state index contributed by atoms with van der Waals surface area (Å²) in [5.74, 6) is 0.732. The molecule has 1 aromatic carbocycles. The molecule has 0 aliphatic rings. The van der Waals surface area contributed by atoms with Crippen molar-refractivity contribution in [2.75, 3.05) is 6.61 Å². The second-order valence-corrected chi connectivity index (χ2v) is 5.03. The highest BCUT2D eigenvalue weighted by atomic mass is 35.5. The van der Waals surface area contributed by atoms with Gasteiger partial charge in [0.1, 0.15) is 5.75 Å². The van der Waals surface area contributed by atoms with Crippen molar-refractivity contribution >= 4 is 22.5 Å². The molecular weight excluding hydrogens is 262 g/mol. The smallest absolute Gasteiger partial charge is 0.248 e. The van der Waals surface area contributed by atoms with Crippen LogP contribution in [-0.4, -0.2) is 11.6 Å². The van der Waals surface area contributed by atoms with Crippen molar-refractivity contribution in [2.24, 2.45) is 0 Å². The molecule has 102 valence electrons. The fraction of sp³-hybridized carbons (Fsp3) is 0.400. The van der Waals surface area contributed by atoms with E-state index in [1.807, 2.05) is 0 Å². The third-order valence-electron chi connectivity index (χ3n) is 3.02. The standard InChI is InChI=1S/C15H18ClNO2/c1-2-3-4-5-8-19-14-10-11(16)9-13-12(14)6-7-15(18)17-13/h6-7,9-10H,2-5,8H2,1H3,(H,17,18). The van der Waals surface area contributed by atoms with Crippen LogP contribution in [-0.2, 0) is 0 Å². The normalized spacial score (nSPS) is 10.8. The molecule has 0 fully saturated rings. The third kappa shape index (κ3) is 3.74. The van der Waals surface area contributed by atoms with Gasteiger partial charge in [-0.3, -0.25) is 4.79 Å². The molecule has 0 radical (unpaired) electrons. The van der Waals surface area contributed by atoms with Crippen LogP contribution in [0.15, 0.2) is 29.1 Å². The van der Waals surface area contributed by atoms with Gasteiger partial charge in [-0.25, -0.2) is 0 Å². The summed E-state index contributed by atoms with van der Waals surface area (Å²) in [6.07, 6.45) is 4.64. The fourth-order valence-electron chi connectivity index (χ4n) is 2.03. The molecule has 19 heavy (non-hydrogen) atoms. The van der Waals surface area contributed by atoms with Gasteiger partial charge in [0.15, 0.2) is 0 Å². The molecule has 0 aliphatic carbocycles. The van der Waals surface area contributed by atoms with Gasteiger partial charge in [0.05, 0.1) is 12.1 Å². The molecule has 0 saturated carbocycles. The monoisotopic (exact) mass is 279 g/mol. The van der Waals surface area contributed by atoms with Crippen LogP contribution in [0.25, 0.3) is 10.9 Å². The Morgan fingerprint density at radius 2 is 2.05 bits per heavy atom. The van der Waals surface area contributed by atoms with Gasteiger partial charge in [0.25, 0.3) is 0 Å². The number of ether oxygens (including phenoxy) is 1. The lowest BCUT2D eigenvalue weighted by Gasteiger charge is -2.09. The number of rotatable bonds is 6. The van der Waals surface area contributed by atoms with Crippen molar-refractivity contribution in [1.82, 2.24) is 4.98 Å². The Balaban J connectivity index is 2.15. The number of hydrogen-bond acceptors (Lipinski definition) is 2. The molecule has 3 nitrogen and oxygen atoms in total. The van der Waals surface area contributed by atoms with Crippen LogP contribution < -0.4 is 10.3 Å². The highest BCUT2D eigenvalue weighted by Gasteiger charge is 2.05. The molecular formula is C15H18ClNO2. The van der Waals surface area contributed by atoms with Crippen molar-refractivity contribution in [1.29, 1.82) is 0 Å². The summed E-state index contributed by atoms with van der Waals surface area (Å²) < 4.78 is 5.78. The van der Waals surface area contributed by atoms with Crippen LogP contribution in [0.2, 0.25) is 5.02 Å². The van der Waals surface area contributed by atoms with Crippen molar-refractivity contribution < 1.29 is 4.74 Å². The molecule has 2 rings (SSSR count). The van der Waals surface area contributed by atoms with Gasteiger partial charge >= 0.3 is 0 Å². The van der Waals surface area contributed by atoms with E-state index in [9.17, 15) is 4.79 Å². The minimum atomic E-state index is -0.135. The van der Waals surface area contributed by atoms with Crippen LogP contribution >= 0.6 is 11.6 Å². The first-order valence-electron chi connectivity index (χ1n) is 6.66. The van der Waals surface area contributed by atoms with E-state index in [1.54, 1.807) is 18.2 Å². The zero-order valence-corrected chi connectivity index (χ0v) is 11.8. The number of aromatic nitrogens is 1. The SMILES string of the molecule is CCCCCCOc1cc(Cl)cc2[nH]c(=O)ccc12. The van der Waals surface area contributed by atoms with Crippen LogP contribution in [0, 0.1) is 0 Å². The number of fused-ring (bicyclic) bond motifs is 1. The Kier molecular flexibility index (Phi) is 4.86. The van der Waals surface area contributed by atoms with Crippen molar-refractivity contribution in [2.45, 2.75) is 32.6 Å². The van der Waals surface area contributed by atoms with E-state index in [-0.39, 0.29) is 5.56 Å². The van der Waals surface area contributed by atoms with Gasteiger partial charge < -0.3 is 9.72 Å². The highest BCUT2D eigenvalue weighted by molar-refractivity contribution is 6.31. The van der Waals surface area contributed by atoms with Gasteiger partial charge in [-0.15, -0.1) is 0 Å². The number of pyridine rings is 1. The molecule has 1 heterocycles. The summed E-state index contributed by atoms with van der Waals surface area (Å²) in [4.78, 5) is 14.1. The molecule has 0 amide bonds. The van der Waals surface area contributed by atoms with E-state index in [0.717, 1.165) is 17.6 Å². The Bertz CT molecular complexity index is 607. The van der Waals surface area contributed by atoms with E-state index in [2.05, 4.69) is 11.9 Å². The predicted molar refractivity (Wildman–Crippen MR) is 79.2 cm³/mol. The Morgan fingerprint density at radius 3 is 2.84 bits per heavy atom. The van der Waals surface area contributed by atoms with Crippen LogP contribution in [0.3, 0.4) is 0 Å². The number of aromatic amines is 1. The van der Waals surface area contributed by atoms with E-state index in [1.165, 1.54) is 25.3 Å². The van der Waals surface area contributed by atoms with E-state index < -0.39 is 0 Å². The predicted octanol–water partition coefficient (Wildman–Crippen LogP) is 4.14. The summed E-state index contributed by atoms with van der Waals surface area (Å²) in [5, 5.41) is 1.46. The quantitative estimate of drug-likeness (QED) is 0.808. The van der Waals surface area contributed by atoms with E-state index in [4.69, 9.17) is 16.3 Å². The summed E-state index contributed by atoms with van der Waals surface area (Å²) in [7, 11) is 0. The van der Waals surface area contributed by atoms with Gasteiger partial charge in [-0.2, -0.15) is 0 Å². The second-order valence-electron chi connectivity index (χ2n) is 4.60. The number of benzene rings is 1. The molecule has 0 spiro atoms. The van der Waals surface area contributed by atoms with Gasteiger partial charge in [-0.05, 0) is 24.6 Å². The molecule has 0 saturated heterocycles. The van der Waals surface area contributed by atoms with Crippen molar-refractivity contribution in [3.8, 4) is 5.75 Å². The number of H-pyrrole nitrogens is 1.